The lowest BCUT2D eigenvalue weighted by atomic mass is 9.84. The predicted octanol–water partition coefficient (Wildman–Crippen LogP) is 2.55. The highest BCUT2D eigenvalue weighted by atomic mass is 16.3. The summed E-state index contributed by atoms with van der Waals surface area (Å²) in [6.07, 6.45) is 7.40. The molecular weight excluding hydrogens is 210 g/mol. The third-order valence-electron chi connectivity index (χ3n) is 4.04. The molecule has 0 radical (unpaired) electrons. The van der Waals surface area contributed by atoms with Crippen LogP contribution >= 0.6 is 0 Å². The Bertz CT molecular complexity index is 427. The Hall–Kier alpha value is -1.12. The van der Waals surface area contributed by atoms with Gasteiger partial charge in [-0.25, -0.2) is 0 Å². The molecule has 0 bridgehead atoms. The Morgan fingerprint density at radius 2 is 2.12 bits per heavy atom. The van der Waals surface area contributed by atoms with Gasteiger partial charge in [-0.2, -0.15) is 0 Å². The number of nitrogens with one attached hydrogen (secondary N) is 1. The SMILES string of the molecule is OC(C1CC=CCC1)C1NCc2ccccc21. The van der Waals surface area contributed by atoms with Crippen LogP contribution in [0.4, 0.5) is 0 Å². The van der Waals surface area contributed by atoms with E-state index in [4.69, 9.17) is 0 Å². The van der Waals surface area contributed by atoms with Crippen molar-refractivity contribution in [2.75, 3.05) is 0 Å². The second kappa shape index (κ2) is 4.63. The fourth-order valence-corrected chi connectivity index (χ4v) is 3.03. The molecule has 1 aromatic carbocycles. The number of aliphatic hydroxyl groups excluding tert-OH is 1. The molecule has 17 heavy (non-hydrogen) atoms. The molecule has 3 atom stereocenters. The summed E-state index contributed by atoms with van der Waals surface area (Å²) in [6.45, 7) is 0.889. The molecule has 2 N–H and O–H groups in total. The second-order valence-corrected chi connectivity index (χ2v) is 5.09. The fourth-order valence-electron chi connectivity index (χ4n) is 3.03. The predicted molar refractivity (Wildman–Crippen MR) is 68.5 cm³/mol. The molecule has 2 nitrogen and oxygen atoms in total. The van der Waals surface area contributed by atoms with E-state index in [9.17, 15) is 5.11 Å². The quantitative estimate of drug-likeness (QED) is 0.764. The third-order valence-corrected chi connectivity index (χ3v) is 4.04. The van der Waals surface area contributed by atoms with Gasteiger partial charge in [-0.1, -0.05) is 36.4 Å². The molecule has 2 aliphatic rings. The molecule has 0 aromatic heterocycles. The minimum atomic E-state index is -0.261. The summed E-state index contributed by atoms with van der Waals surface area (Å²) in [7, 11) is 0. The molecule has 0 saturated heterocycles. The van der Waals surface area contributed by atoms with Crippen LogP contribution in [0.1, 0.15) is 36.4 Å². The Morgan fingerprint density at radius 3 is 2.94 bits per heavy atom. The number of aliphatic hydroxyl groups is 1. The van der Waals surface area contributed by atoms with E-state index in [2.05, 4.69) is 41.7 Å². The molecule has 1 aliphatic carbocycles. The van der Waals surface area contributed by atoms with Gasteiger partial charge < -0.3 is 10.4 Å². The van der Waals surface area contributed by atoms with Crippen LogP contribution in [0.5, 0.6) is 0 Å². The van der Waals surface area contributed by atoms with Crippen LogP contribution in [-0.2, 0) is 6.54 Å². The highest BCUT2D eigenvalue weighted by Gasteiger charge is 2.32. The first-order chi connectivity index (χ1) is 8.36. The molecular formula is C15H19NO. The van der Waals surface area contributed by atoms with Gasteiger partial charge in [0.2, 0.25) is 0 Å². The molecule has 1 aromatic rings. The zero-order chi connectivity index (χ0) is 11.7. The molecule has 90 valence electrons. The van der Waals surface area contributed by atoms with Gasteiger partial charge in [0, 0.05) is 6.54 Å². The molecule has 0 saturated carbocycles. The summed E-state index contributed by atoms with van der Waals surface area (Å²) >= 11 is 0. The summed E-state index contributed by atoms with van der Waals surface area (Å²) in [5.41, 5.74) is 2.62. The van der Waals surface area contributed by atoms with Crippen molar-refractivity contribution < 1.29 is 5.11 Å². The lowest BCUT2D eigenvalue weighted by Crippen LogP contribution is -2.33. The molecule has 0 spiro atoms. The highest BCUT2D eigenvalue weighted by Crippen LogP contribution is 2.34. The van der Waals surface area contributed by atoms with Crippen molar-refractivity contribution in [1.82, 2.24) is 5.32 Å². The monoisotopic (exact) mass is 229 g/mol. The lowest BCUT2D eigenvalue weighted by molar-refractivity contribution is 0.0669. The smallest absolute Gasteiger partial charge is 0.0766 e. The van der Waals surface area contributed by atoms with E-state index in [0.29, 0.717) is 5.92 Å². The maximum absolute atomic E-state index is 10.5. The largest absolute Gasteiger partial charge is 0.391 e. The first kappa shape index (κ1) is 11.0. The summed E-state index contributed by atoms with van der Waals surface area (Å²) in [4.78, 5) is 0. The minimum Gasteiger partial charge on any atom is -0.391 e. The summed E-state index contributed by atoms with van der Waals surface area (Å²) < 4.78 is 0. The Balaban J connectivity index is 1.79. The summed E-state index contributed by atoms with van der Waals surface area (Å²) in [6, 6.07) is 8.55. The van der Waals surface area contributed by atoms with Crippen LogP contribution in [0, 0.1) is 5.92 Å². The number of rotatable bonds is 2. The van der Waals surface area contributed by atoms with Gasteiger partial charge in [0.1, 0.15) is 0 Å². The first-order valence-electron chi connectivity index (χ1n) is 6.50. The van der Waals surface area contributed by atoms with E-state index < -0.39 is 0 Å². The molecule has 1 heterocycles. The molecule has 0 amide bonds. The maximum atomic E-state index is 10.5. The zero-order valence-electron chi connectivity index (χ0n) is 9.97. The van der Waals surface area contributed by atoms with E-state index in [1.54, 1.807) is 0 Å². The molecule has 2 heteroatoms. The number of benzene rings is 1. The summed E-state index contributed by atoms with van der Waals surface area (Å²) in [5, 5.41) is 14.0. The Kier molecular flexibility index (Phi) is 3.00. The van der Waals surface area contributed by atoms with Crippen molar-refractivity contribution in [2.24, 2.45) is 5.92 Å². The van der Waals surface area contributed by atoms with E-state index >= 15 is 0 Å². The van der Waals surface area contributed by atoms with E-state index in [1.807, 2.05) is 0 Å². The van der Waals surface area contributed by atoms with Crippen LogP contribution in [0.2, 0.25) is 0 Å². The van der Waals surface area contributed by atoms with Gasteiger partial charge in [0.05, 0.1) is 12.1 Å². The van der Waals surface area contributed by atoms with Crippen LogP contribution < -0.4 is 5.32 Å². The minimum absolute atomic E-state index is 0.127. The van der Waals surface area contributed by atoms with Crippen LogP contribution in [0.25, 0.3) is 0 Å². The van der Waals surface area contributed by atoms with E-state index in [0.717, 1.165) is 25.8 Å². The zero-order valence-corrected chi connectivity index (χ0v) is 9.97. The Labute approximate surface area is 102 Å². The highest BCUT2D eigenvalue weighted by molar-refractivity contribution is 5.34. The van der Waals surface area contributed by atoms with Crippen molar-refractivity contribution in [2.45, 2.75) is 38.0 Å². The third kappa shape index (κ3) is 2.03. The normalized spacial score (nSPS) is 29.0. The van der Waals surface area contributed by atoms with E-state index in [-0.39, 0.29) is 12.1 Å². The lowest BCUT2D eigenvalue weighted by Gasteiger charge is -2.29. The van der Waals surface area contributed by atoms with Crippen LogP contribution in [0.3, 0.4) is 0 Å². The molecule has 1 aliphatic heterocycles. The first-order valence-corrected chi connectivity index (χ1v) is 6.50. The average molecular weight is 229 g/mol. The van der Waals surface area contributed by atoms with Crippen molar-refractivity contribution in [3.05, 3.63) is 47.5 Å². The fraction of sp³-hybridized carbons (Fsp3) is 0.467. The number of fused-ring (bicyclic) bond motifs is 1. The van der Waals surface area contributed by atoms with Gasteiger partial charge in [-0.15, -0.1) is 0 Å². The van der Waals surface area contributed by atoms with E-state index in [1.165, 1.54) is 11.1 Å². The van der Waals surface area contributed by atoms with Gasteiger partial charge in [-0.05, 0) is 36.3 Å². The molecule has 0 fully saturated rings. The molecule has 3 unspecified atom stereocenters. The molecule has 3 rings (SSSR count). The average Bonchev–Trinajstić information content (AvgIpc) is 2.83. The number of allylic oxidation sites excluding steroid dienone is 2. The van der Waals surface area contributed by atoms with Gasteiger partial charge in [0.25, 0.3) is 0 Å². The van der Waals surface area contributed by atoms with Gasteiger partial charge in [-0.3, -0.25) is 0 Å². The van der Waals surface area contributed by atoms with Crippen molar-refractivity contribution in [1.29, 1.82) is 0 Å². The summed E-state index contributed by atoms with van der Waals surface area (Å²) in [5.74, 6) is 0.406. The topological polar surface area (TPSA) is 32.3 Å². The van der Waals surface area contributed by atoms with Crippen molar-refractivity contribution >= 4 is 0 Å². The van der Waals surface area contributed by atoms with Gasteiger partial charge in [0.15, 0.2) is 0 Å². The number of hydrogen-bond acceptors (Lipinski definition) is 2. The number of hydrogen-bond donors (Lipinski definition) is 2. The second-order valence-electron chi connectivity index (χ2n) is 5.09. The standard InChI is InChI=1S/C15H19NO/c17-15(11-6-2-1-3-7-11)14-13-9-5-4-8-12(13)10-16-14/h1-2,4-5,8-9,11,14-17H,3,6-7,10H2. The maximum Gasteiger partial charge on any atom is 0.0766 e. The van der Waals surface area contributed by atoms with Crippen LogP contribution in [0.15, 0.2) is 36.4 Å². The Morgan fingerprint density at radius 1 is 1.24 bits per heavy atom. The van der Waals surface area contributed by atoms with Crippen molar-refractivity contribution in [3.8, 4) is 0 Å². The van der Waals surface area contributed by atoms with Crippen LogP contribution in [-0.4, -0.2) is 11.2 Å². The van der Waals surface area contributed by atoms with Gasteiger partial charge >= 0.3 is 0 Å². The van der Waals surface area contributed by atoms with Crippen molar-refractivity contribution in [3.63, 3.8) is 0 Å².